The summed E-state index contributed by atoms with van der Waals surface area (Å²) in [4.78, 5) is 0. The Hall–Kier alpha value is -0.980. The Kier molecular flexibility index (Phi) is 5.37. The van der Waals surface area contributed by atoms with Gasteiger partial charge in [0.1, 0.15) is 11.9 Å². The lowest BCUT2D eigenvalue weighted by Gasteiger charge is -2.16. The predicted octanol–water partition coefficient (Wildman–Crippen LogP) is 2.75. The summed E-state index contributed by atoms with van der Waals surface area (Å²) in [6.07, 6.45) is 5.25. The van der Waals surface area contributed by atoms with Crippen LogP contribution in [0.1, 0.15) is 12.5 Å². The lowest BCUT2D eigenvalue weighted by atomic mass is 10.2. The van der Waals surface area contributed by atoms with E-state index in [0.29, 0.717) is 6.54 Å². The fraction of sp³-hybridized carbons (Fsp3) is 0.385. The lowest BCUT2D eigenvalue weighted by molar-refractivity contribution is 0.217. The van der Waals surface area contributed by atoms with Crippen LogP contribution in [0, 0.1) is 19.3 Å². The number of rotatable bonds is 5. The van der Waals surface area contributed by atoms with Crippen molar-refractivity contribution in [3.05, 3.63) is 28.2 Å². The molecule has 1 aromatic carbocycles. The first-order chi connectivity index (χ1) is 7.63. The first kappa shape index (κ1) is 13.1. The number of hydrogen-bond acceptors (Lipinski definition) is 2. The van der Waals surface area contributed by atoms with Crippen molar-refractivity contribution in [3.8, 4) is 18.1 Å². The molecule has 1 atom stereocenters. The van der Waals surface area contributed by atoms with E-state index in [0.717, 1.165) is 22.3 Å². The second-order valence-electron chi connectivity index (χ2n) is 3.67. The minimum Gasteiger partial charge on any atom is -0.489 e. The summed E-state index contributed by atoms with van der Waals surface area (Å²) in [6, 6.07) is 6.01. The summed E-state index contributed by atoms with van der Waals surface area (Å²) in [5.41, 5.74) is 1.13. The van der Waals surface area contributed by atoms with Crippen molar-refractivity contribution in [2.45, 2.75) is 20.0 Å². The molecular formula is C13H16BrNO. The molecule has 86 valence electrons. The molecule has 0 saturated heterocycles. The van der Waals surface area contributed by atoms with E-state index in [1.807, 2.05) is 32.0 Å². The van der Waals surface area contributed by atoms with Crippen molar-refractivity contribution >= 4 is 15.9 Å². The third-order valence-electron chi connectivity index (χ3n) is 2.14. The maximum Gasteiger partial charge on any atom is 0.123 e. The molecule has 1 aromatic rings. The first-order valence-corrected chi connectivity index (χ1v) is 5.99. The van der Waals surface area contributed by atoms with Crippen LogP contribution in [0.2, 0.25) is 0 Å². The lowest BCUT2D eigenvalue weighted by Crippen LogP contribution is -2.29. The van der Waals surface area contributed by atoms with Gasteiger partial charge in [-0.15, -0.1) is 6.42 Å². The zero-order valence-electron chi connectivity index (χ0n) is 9.59. The van der Waals surface area contributed by atoms with Gasteiger partial charge in [0, 0.05) is 11.0 Å². The van der Waals surface area contributed by atoms with Gasteiger partial charge in [0.15, 0.2) is 0 Å². The van der Waals surface area contributed by atoms with Gasteiger partial charge in [-0.25, -0.2) is 0 Å². The molecule has 1 unspecified atom stereocenters. The minimum absolute atomic E-state index is 0.0985. The topological polar surface area (TPSA) is 21.3 Å². The minimum atomic E-state index is 0.0985. The zero-order chi connectivity index (χ0) is 12.0. The van der Waals surface area contributed by atoms with Crippen LogP contribution in [0.25, 0.3) is 0 Å². The highest BCUT2D eigenvalue weighted by atomic mass is 79.9. The maximum atomic E-state index is 5.81. The molecule has 0 heterocycles. The molecule has 16 heavy (non-hydrogen) atoms. The Balaban J connectivity index is 2.52. The third kappa shape index (κ3) is 4.26. The maximum absolute atomic E-state index is 5.81. The van der Waals surface area contributed by atoms with E-state index in [1.165, 1.54) is 0 Å². The fourth-order valence-electron chi connectivity index (χ4n) is 1.31. The Morgan fingerprint density at radius 2 is 2.31 bits per heavy atom. The molecule has 0 aromatic heterocycles. The highest BCUT2D eigenvalue weighted by molar-refractivity contribution is 9.10. The zero-order valence-corrected chi connectivity index (χ0v) is 11.2. The van der Waals surface area contributed by atoms with Gasteiger partial charge in [0.05, 0.1) is 6.54 Å². The van der Waals surface area contributed by atoms with Crippen molar-refractivity contribution in [2.24, 2.45) is 0 Å². The molecule has 0 saturated carbocycles. The van der Waals surface area contributed by atoms with Crippen LogP contribution in [0.4, 0.5) is 0 Å². The normalized spacial score (nSPS) is 11.9. The molecule has 0 bridgehead atoms. The molecule has 0 radical (unpaired) electrons. The highest BCUT2D eigenvalue weighted by Crippen LogP contribution is 2.23. The molecule has 0 aliphatic rings. The van der Waals surface area contributed by atoms with E-state index in [-0.39, 0.29) is 6.10 Å². The standard InChI is InChI=1S/C13H16BrNO/c1-4-7-15-9-11(3)16-13-8-12(14)6-5-10(13)2/h1,5-6,8,11,15H,7,9H2,2-3H3. The number of terminal acetylenes is 1. The molecule has 0 amide bonds. The Bertz CT molecular complexity index is 384. The Labute approximate surface area is 106 Å². The van der Waals surface area contributed by atoms with Crippen molar-refractivity contribution in [2.75, 3.05) is 13.1 Å². The second kappa shape index (κ2) is 6.57. The van der Waals surface area contributed by atoms with Crippen LogP contribution in [0.3, 0.4) is 0 Å². The number of halogens is 1. The summed E-state index contributed by atoms with van der Waals surface area (Å²) in [5.74, 6) is 3.44. The molecule has 0 fully saturated rings. The van der Waals surface area contributed by atoms with E-state index in [4.69, 9.17) is 11.2 Å². The Morgan fingerprint density at radius 1 is 1.56 bits per heavy atom. The van der Waals surface area contributed by atoms with Gasteiger partial charge in [-0.1, -0.05) is 27.9 Å². The van der Waals surface area contributed by atoms with Crippen molar-refractivity contribution in [3.63, 3.8) is 0 Å². The van der Waals surface area contributed by atoms with Crippen molar-refractivity contribution < 1.29 is 4.74 Å². The average Bonchev–Trinajstić information content (AvgIpc) is 2.24. The molecule has 0 aliphatic carbocycles. The second-order valence-corrected chi connectivity index (χ2v) is 4.59. The fourth-order valence-corrected chi connectivity index (χ4v) is 1.65. The van der Waals surface area contributed by atoms with Crippen molar-refractivity contribution in [1.82, 2.24) is 5.32 Å². The molecule has 3 heteroatoms. The number of aryl methyl sites for hydroxylation is 1. The molecule has 1 N–H and O–H groups in total. The van der Waals surface area contributed by atoms with Gasteiger partial charge in [-0.2, -0.15) is 0 Å². The van der Waals surface area contributed by atoms with Crippen LogP contribution in [0.5, 0.6) is 5.75 Å². The van der Waals surface area contributed by atoms with Gasteiger partial charge < -0.3 is 10.1 Å². The molecular weight excluding hydrogens is 266 g/mol. The smallest absolute Gasteiger partial charge is 0.123 e. The average molecular weight is 282 g/mol. The largest absolute Gasteiger partial charge is 0.489 e. The van der Waals surface area contributed by atoms with Crippen molar-refractivity contribution in [1.29, 1.82) is 0 Å². The van der Waals surface area contributed by atoms with E-state index < -0.39 is 0 Å². The number of ether oxygens (including phenoxy) is 1. The summed E-state index contributed by atoms with van der Waals surface area (Å²) in [6.45, 7) is 5.37. The number of hydrogen-bond donors (Lipinski definition) is 1. The van der Waals surface area contributed by atoms with Crippen LogP contribution < -0.4 is 10.1 Å². The molecule has 2 nitrogen and oxygen atoms in total. The van der Waals surface area contributed by atoms with Gasteiger partial charge in [0.2, 0.25) is 0 Å². The first-order valence-electron chi connectivity index (χ1n) is 5.20. The summed E-state index contributed by atoms with van der Waals surface area (Å²) in [5, 5.41) is 3.12. The van der Waals surface area contributed by atoms with Gasteiger partial charge in [-0.3, -0.25) is 0 Å². The SMILES string of the molecule is C#CCNCC(C)Oc1cc(Br)ccc1C. The summed E-state index contributed by atoms with van der Waals surface area (Å²) < 4.78 is 6.84. The highest BCUT2D eigenvalue weighted by Gasteiger charge is 2.06. The van der Waals surface area contributed by atoms with Crippen LogP contribution in [-0.4, -0.2) is 19.2 Å². The van der Waals surface area contributed by atoms with E-state index in [9.17, 15) is 0 Å². The molecule has 0 spiro atoms. The van der Waals surface area contributed by atoms with Crippen LogP contribution in [-0.2, 0) is 0 Å². The van der Waals surface area contributed by atoms with Gasteiger partial charge >= 0.3 is 0 Å². The Morgan fingerprint density at radius 3 is 3.00 bits per heavy atom. The van der Waals surface area contributed by atoms with E-state index in [1.54, 1.807) is 0 Å². The van der Waals surface area contributed by atoms with Crippen LogP contribution in [0.15, 0.2) is 22.7 Å². The van der Waals surface area contributed by atoms with E-state index >= 15 is 0 Å². The monoisotopic (exact) mass is 281 g/mol. The summed E-state index contributed by atoms with van der Waals surface area (Å²) in [7, 11) is 0. The van der Waals surface area contributed by atoms with Gasteiger partial charge in [-0.05, 0) is 31.5 Å². The quantitative estimate of drug-likeness (QED) is 0.662. The number of nitrogens with one attached hydrogen (secondary N) is 1. The molecule has 1 rings (SSSR count). The summed E-state index contributed by atoms with van der Waals surface area (Å²) >= 11 is 3.43. The van der Waals surface area contributed by atoms with Crippen LogP contribution >= 0.6 is 15.9 Å². The van der Waals surface area contributed by atoms with Gasteiger partial charge in [0.25, 0.3) is 0 Å². The molecule has 0 aliphatic heterocycles. The third-order valence-corrected chi connectivity index (χ3v) is 2.63. The van der Waals surface area contributed by atoms with E-state index in [2.05, 4.69) is 27.2 Å². The predicted molar refractivity (Wildman–Crippen MR) is 70.7 cm³/mol. The number of benzene rings is 1.